The minimum absolute atomic E-state index is 0.139. The number of halogens is 2. The first-order valence-corrected chi connectivity index (χ1v) is 7.53. The highest BCUT2D eigenvalue weighted by Crippen LogP contribution is 2.46. The molecule has 0 aromatic heterocycles. The van der Waals surface area contributed by atoms with Gasteiger partial charge in [0, 0.05) is 18.8 Å². The average Bonchev–Trinajstić information content (AvgIpc) is 3.04. The molecule has 22 heavy (non-hydrogen) atoms. The van der Waals surface area contributed by atoms with Gasteiger partial charge in [-0.05, 0) is 24.1 Å². The molecule has 1 fully saturated rings. The largest absolute Gasteiger partial charge is 0.393 e. The van der Waals surface area contributed by atoms with Crippen molar-refractivity contribution in [1.82, 2.24) is 4.90 Å². The van der Waals surface area contributed by atoms with Gasteiger partial charge in [-0.2, -0.15) is 0 Å². The Balaban J connectivity index is 1.95. The predicted molar refractivity (Wildman–Crippen MR) is 81.1 cm³/mol. The lowest BCUT2D eigenvalue weighted by Crippen LogP contribution is -2.43. The molecule has 2 heterocycles. The van der Waals surface area contributed by atoms with E-state index in [0.717, 1.165) is 0 Å². The fraction of sp³-hybridized carbons (Fsp3) is 0.429. The van der Waals surface area contributed by atoms with E-state index >= 15 is 0 Å². The number of carbonyl (C=O) groups is 2. The molecular formula is C14H14Cl2N2O4. The van der Waals surface area contributed by atoms with E-state index in [-0.39, 0.29) is 12.5 Å². The summed E-state index contributed by atoms with van der Waals surface area (Å²) < 4.78 is 0. The molecule has 0 aliphatic carbocycles. The molecule has 2 atom stereocenters. The Morgan fingerprint density at radius 2 is 2.09 bits per heavy atom. The fourth-order valence-corrected chi connectivity index (χ4v) is 3.43. The van der Waals surface area contributed by atoms with E-state index in [1.165, 1.54) is 4.90 Å². The molecule has 0 radical (unpaired) electrons. The lowest BCUT2D eigenvalue weighted by atomic mass is 9.81. The highest BCUT2D eigenvalue weighted by Gasteiger charge is 2.52. The summed E-state index contributed by atoms with van der Waals surface area (Å²) in [6.07, 6.45) is -1.04. The normalized spacial score (nSPS) is 24.5. The second-order valence-electron chi connectivity index (χ2n) is 5.56. The Hall–Kier alpha value is -1.34. The minimum atomic E-state index is -1.46. The van der Waals surface area contributed by atoms with E-state index < -0.39 is 24.0 Å². The van der Waals surface area contributed by atoms with Crippen molar-refractivity contribution >= 4 is 40.7 Å². The minimum Gasteiger partial charge on any atom is -0.393 e. The van der Waals surface area contributed by atoms with Crippen molar-refractivity contribution in [3.05, 3.63) is 27.7 Å². The van der Waals surface area contributed by atoms with Gasteiger partial charge >= 0.3 is 0 Å². The van der Waals surface area contributed by atoms with Gasteiger partial charge in [-0.1, -0.05) is 23.2 Å². The van der Waals surface area contributed by atoms with Crippen LogP contribution in [0, 0.1) is 0 Å². The van der Waals surface area contributed by atoms with Crippen molar-refractivity contribution < 1.29 is 19.8 Å². The summed E-state index contributed by atoms with van der Waals surface area (Å²) >= 11 is 12.0. The number of amides is 2. The number of likely N-dealkylation sites (tertiary alicyclic amines) is 1. The molecule has 3 rings (SSSR count). The third-order valence-corrected chi connectivity index (χ3v) is 5.02. The molecule has 118 valence electrons. The first-order chi connectivity index (χ1) is 10.4. The van der Waals surface area contributed by atoms with Gasteiger partial charge in [-0.25, -0.2) is 0 Å². The topological polar surface area (TPSA) is 89.9 Å². The molecule has 0 unspecified atom stereocenters. The Labute approximate surface area is 136 Å². The number of aliphatic hydroxyl groups is 2. The number of nitrogens with zero attached hydrogens (tertiary/aromatic N) is 1. The maximum atomic E-state index is 12.4. The van der Waals surface area contributed by atoms with Gasteiger partial charge in [0.25, 0.3) is 5.91 Å². The van der Waals surface area contributed by atoms with Crippen molar-refractivity contribution in [3.63, 3.8) is 0 Å². The Kier molecular flexibility index (Phi) is 3.81. The van der Waals surface area contributed by atoms with E-state index in [0.29, 0.717) is 34.3 Å². The van der Waals surface area contributed by atoms with Gasteiger partial charge in [-0.15, -0.1) is 0 Å². The van der Waals surface area contributed by atoms with Crippen LogP contribution in [0.2, 0.25) is 10.0 Å². The van der Waals surface area contributed by atoms with E-state index in [9.17, 15) is 14.7 Å². The average molecular weight is 345 g/mol. The van der Waals surface area contributed by atoms with Crippen LogP contribution in [0.1, 0.15) is 12.0 Å². The molecule has 6 nitrogen and oxygen atoms in total. The number of aliphatic hydroxyl groups excluding tert-OH is 2. The molecule has 8 heteroatoms. The zero-order chi connectivity index (χ0) is 16.1. The third-order valence-electron chi connectivity index (χ3n) is 4.30. The molecule has 3 N–H and O–H groups in total. The number of benzene rings is 1. The molecule has 2 amide bonds. The van der Waals surface area contributed by atoms with Gasteiger partial charge < -0.3 is 20.4 Å². The van der Waals surface area contributed by atoms with Crippen molar-refractivity contribution in [1.29, 1.82) is 0 Å². The van der Waals surface area contributed by atoms with Crippen molar-refractivity contribution in [3.8, 4) is 0 Å². The van der Waals surface area contributed by atoms with Crippen molar-refractivity contribution in [2.24, 2.45) is 0 Å². The SMILES string of the molecule is O=C([C@H](O)CO)N1CC[C@]2(C1)C(=O)Nc1cc(Cl)c(Cl)cc12. The van der Waals surface area contributed by atoms with Crippen LogP contribution in [0.25, 0.3) is 0 Å². The summed E-state index contributed by atoms with van der Waals surface area (Å²) in [5, 5.41) is 21.8. The molecule has 0 bridgehead atoms. The quantitative estimate of drug-likeness (QED) is 0.739. The first kappa shape index (κ1) is 15.6. The van der Waals surface area contributed by atoms with E-state index in [1.54, 1.807) is 12.1 Å². The van der Waals surface area contributed by atoms with Gasteiger partial charge in [0.15, 0.2) is 6.10 Å². The Morgan fingerprint density at radius 3 is 2.77 bits per heavy atom. The van der Waals surface area contributed by atoms with Crippen LogP contribution < -0.4 is 5.32 Å². The van der Waals surface area contributed by atoms with Crippen LogP contribution in [-0.4, -0.2) is 52.7 Å². The molecule has 2 aliphatic rings. The van der Waals surface area contributed by atoms with Crippen LogP contribution in [0.3, 0.4) is 0 Å². The third kappa shape index (κ3) is 2.18. The van der Waals surface area contributed by atoms with Gasteiger partial charge in [-0.3, -0.25) is 9.59 Å². The molecule has 2 aliphatic heterocycles. The monoisotopic (exact) mass is 344 g/mol. The van der Waals surface area contributed by atoms with E-state index in [2.05, 4.69) is 5.32 Å². The van der Waals surface area contributed by atoms with Crippen LogP contribution in [0.4, 0.5) is 5.69 Å². The number of hydrogen-bond donors (Lipinski definition) is 3. The fourth-order valence-electron chi connectivity index (χ4n) is 3.10. The lowest BCUT2D eigenvalue weighted by Gasteiger charge is -2.23. The molecule has 0 saturated carbocycles. The summed E-state index contributed by atoms with van der Waals surface area (Å²) in [6, 6.07) is 3.24. The summed E-state index contributed by atoms with van der Waals surface area (Å²) in [5.74, 6) is -0.796. The number of anilines is 1. The number of rotatable bonds is 2. The second-order valence-corrected chi connectivity index (χ2v) is 6.37. The van der Waals surface area contributed by atoms with Crippen LogP contribution in [-0.2, 0) is 15.0 Å². The highest BCUT2D eigenvalue weighted by molar-refractivity contribution is 6.42. The van der Waals surface area contributed by atoms with Crippen molar-refractivity contribution in [2.45, 2.75) is 17.9 Å². The molecule has 1 aromatic rings. The first-order valence-electron chi connectivity index (χ1n) is 6.78. The van der Waals surface area contributed by atoms with Crippen LogP contribution in [0.15, 0.2) is 12.1 Å². The summed E-state index contributed by atoms with van der Waals surface area (Å²) in [7, 11) is 0. The molecule has 1 aromatic carbocycles. The second kappa shape index (κ2) is 5.38. The van der Waals surface area contributed by atoms with E-state index in [1.807, 2.05) is 0 Å². The molecular weight excluding hydrogens is 331 g/mol. The molecule has 1 spiro atoms. The zero-order valence-corrected chi connectivity index (χ0v) is 13.0. The summed E-state index contributed by atoms with van der Waals surface area (Å²) in [6.45, 7) is -0.185. The highest BCUT2D eigenvalue weighted by atomic mass is 35.5. The van der Waals surface area contributed by atoms with Crippen LogP contribution in [0.5, 0.6) is 0 Å². The number of hydrogen-bond acceptors (Lipinski definition) is 4. The predicted octanol–water partition coefficient (Wildman–Crippen LogP) is 0.769. The zero-order valence-electron chi connectivity index (χ0n) is 11.5. The molecule has 1 saturated heterocycles. The van der Waals surface area contributed by atoms with Crippen molar-refractivity contribution in [2.75, 3.05) is 25.0 Å². The number of nitrogens with one attached hydrogen (secondary N) is 1. The summed E-state index contributed by atoms with van der Waals surface area (Å²) in [4.78, 5) is 25.8. The van der Waals surface area contributed by atoms with Gasteiger partial charge in [0.1, 0.15) is 0 Å². The maximum absolute atomic E-state index is 12.4. The Morgan fingerprint density at radius 1 is 1.41 bits per heavy atom. The number of carbonyl (C=O) groups excluding carboxylic acids is 2. The Bertz CT molecular complexity index is 666. The number of fused-ring (bicyclic) bond motifs is 2. The van der Waals surface area contributed by atoms with Crippen LogP contribution >= 0.6 is 23.2 Å². The lowest BCUT2D eigenvalue weighted by molar-refractivity contribution is -0.141. The van der Waals surface area contributed by atoms with Gasteiger partial charge in [0.2, 0.25) is 5.91 Å². The maximum Gasteiger partial charge on any atom is 0.253 e. The van der Waals surface area contributed by atoms with Gasteiger partial charge in [0.05, 0.1) is 22.1 Å². The summed E-state index contributed by atoms with van der Waals surface area (Å²) in [5.41, 5.74) is 0.422. The van der Waals surface area contributed by atoms with E-state index in [4.69, 9.17) is 28.3 Å². The standard InChI is InChI=1S/C14H14Cl2N2O4/c15-8-3-7-10(4-9(8)16)17-13(22)14(7)1-2-18(6-14)12(21)11(20)5-19/h3-4,11,19-20H,1-2,5-6H2,(H,17,22)/t11-,14-/m1/s1. The smallest absolute Gasteiger partial charge is 0.253 e.